The fourth-order valence-electron chi connectivity index (χ4n) is 0.990. The number of carbonyl (C=O) groups excluding carboxylic acids is 1. The van der Waals surface area contributed by atoms with Crippen LogP contribution in [0.15, 0.2) is 23.5 Å². The number of fused-ring (bicyclic) bond motifs is 1. The number of aromatic amines is 1. The Hall–Kier alpha value is -2.11. The topological polar surface area (TPSA) is 88.1 Å². The predicted molar refractivity (Wildman–Crippen MR) is 44.0 cm³/mol. The minimum Gasteiger partial charge on any atom is -0.332 e. The molecule has 1 N–H and O–H groups in total. The van der Waals surface area contributed by atoms with Crippen LogP contribution in [0.5, 0.6) is 0 Å². The van der Waals surface area contributed by atoms with E-state index in [1.807, 2.05) is 0 Å². The van der Waals surface area contributed by atoms with E-state index in [9.17, 15) is 9.70 Å². The first kappa shape index (κ1) is 7.53. The summed E-state index contributed by atoms with van der Waals surface area (Å²) >= 11 is 0. The lowest BCUT2D eigenvalue weighted by molar-refractivity contribution is 0.0992. The number of carbonyl (C=O) groups is 1. The zero-order valence-electron chi connectivity index (χ0n) is 6.39. The summed E-state index contributed by atoms with van der Waals surface area (Å²) in [6.45, 7) is 0. The van der Waals surface area contributed by atoms with Crippen molar-refractivity contribution in [3.63, 3.8) is 0 Å². The summed E-state index contributed by atoms with van der Waals surface area (Å²) < 4.78 is 0. The van der Waals surface area contributed by atoms with Crippen molar-refractivity contribution < 1.29 is 4.79 Å². The van der Waals surface area contributed by atoms with Gasteiger partial charge in [-0.05, 0) is 12.1 Å². The van der Waals surface area contributed by atoms with Crippen LogP contribution in [0, 0.1) is 4.91 Å². The Morgan fingerprint density at radius 2 is 2.38 bits per heavy atom. The van der Waals surface area contributed by atoms with E-state index in [0.29, 0.717) is 11.2 Å². The van der Waals surface area contributed by atoms with E-state index in [1.54, 1.807) is 18.3 Å². The zero-order chi connectivity index (χ0) is 9.26. The number of nitrogens with zero attached hydrogens (tertiary/aromatic N) is 3. The second-order valence-corrected chi connectivity index (χ2v) is 2.36. The highest BCUT2D eigenvalue weighted by Crippen LogP contribution is 2.07. The van der Waals surface area contributed by atoms with Crippen LogP contribution in [-0.4, -0.2) is 20.9 Å². The molecule has 0 spiro atoms. The fourth-order valence-corrected chi connectivity index (χ4v) is 0.990. The fraction of sp³-hybridized carbons (Fsp3) is 0. The lowest BCUT2D eigenvalue weighted by Gasteiger charge is -1.80. The summed E-state index contributed by atoms with van der Waals surface area (Å²) in [7, 11) is 0. The van der Waals surface area contributed by atoms with Crippen molar-refractivity contribution in [3.05, 3.63) is 29.1 Å². The monoisotopic (exact) mass is 176 g/mol. The minimum atomic E-state index is -0.919. The largest absolute Gasteiger partial charge is 0.351 e. The van der Waals surface area contributed by atoms with Gasteiger partial charge in [0.1, 0.15) is 0 Å². The summed E-state index contributed by atoms with van der Waals surface area (Å²) in [5, 5.41) is 2.24. The van der Waals surface area contributed by atoms with Crippen molar-refractivity contribution in [1.82, 2.24) is 15.0 Å². The number of H-pyrrole nitrogens is 1. The molecule has 6 heteroatoms. The molecule has 0 aliphatic carbocycles. The number of pyridine rings is 1. The van der Waals surface area contributed by atoms with Gasteiger partial charge < -0.3 is 4.98 Å². The summed E-state index contributed by atoms with van der Waals surface area (Å²) in [4.78, 5) is 31.0. The number of rotatable bonds is 1. The zero-order valence-corrected chi connectivity index (χ0v) is 6.39. The number of hydrogen-bond donors (Lipinski definition) is 1. The van der Waals surface area contributed by atoms with Crippen LogP contribution in [0.4, 0.5) is 0 Å². The maximum absolute atomic E-state index is 10.8. The maximum Gasteiger partial charge on any atom is 0.351 e. The van der Waals surface area contributed by atoms with Crippen molar-refractivity contribution in [3.8, 4) is 0 Å². The van der Waals surface area contributed by atoms with E-state index in [4.69, 9.17) is 0 Å². The average Bonchev–Trinajstić information content (AvgIpc) is 2.59. The molecule has 0 bridgehead atoms. The Balaban J connectivity index is 2.62. The van der Waals surface area contributed by atoms with Gasteiger partial charge in [-0.2, -0.15) is 0 Å². The maximum atomic E-state index is 10.8. The van der Waals surface area contributed by atoms with Gasteiger partial charge in [0, 0.05) is 11.4 Å². The number of imidazole rings is 1. The van der Waals surface area contributed by atoms with Gasteiger partial charge in [0.25, 0.3) is 0 Å². The molecule has 0 unspecified atom stereocenters. The quantitative estimate of drug-likeness (QED) is 0.652. The van der Waals surface area contributed by atoms with Gasteiger partial charge in [0.15, 0.2) is 5.65 Å². The predicted octanol–water partition coefficient (Wildman–Crippen LogP) is 0.864. The highest BCUT2D eigenvalue weighted by Gasteiger charge is 2.11. The molecular weight excluding hydrogens is 172 g/mol. The van der Waals surface area contributed by atoms with E-state index in [2.05, 4.69) is 20.1 Å². The molecule has 0 aliphatic rings. The average molecular weight is 176 g/mol. The molecule has 0 saturated heterocycles. The number of nitrogens with one attached hydrogen (secondary N) is 1. The van der Waals surface area contributed by atoms with Crippen molar-refractivity contribution in [1.29, 1.82) is 0 Å². The smallest absolute Gasteiger partial charge is 0.332 e. The molecule has 2 heterocycles. The molecule has 0 radical (unpaired) electrons. The van der Waals surface area contributed by atoms with Crippen LogP contribution in [0.25, 0.3) is 11.2 Å². The van der Waals surface area contributed by atoms with Crippen LogP contribution in [0.2, 0.25) is 0 Å². The molecule has 0 fully saturated rings. The number of amides is 1. The van der Waals surface area contributed by atoms with Crippen LogP contribution < -0.4 is 0 Å². The lowest BCUT2D eigenvalue weighted by Crippen LogP contribution is -1.95. The van der Waals surface area contributed by atoms with E-state index < -0.39 is 5.91 Å². The highest BCUT2D eigenvalue weighted by atomic mass is 16.3. The highest BCUT2D eigenvalue weighted by molar-refractivity contribution is 5.93. The molecule has 2 aromatic rings. The second-order valence-electron chi connectivity index (χ2n) is 2.36. The van der Waals surface area contributed by atoms with Crippen molar-refractivity contribution in [2.75, 3.05) is 0 Å². The number of hydrogen-bond acceptors (Lipinski definition) is 4. The van der Waals surface area contributed by atoms with Gasteiger partial charge in [-0.25, -0.2) is 9.97 Å². The first-order valence-electron chi connectivity index (χ1n) is 3.49. The molecular formula is C7H4N4O2. The van der Waals surface area contributed by atoms with E-state index in [1.165, 1.54) is 0 Å². The molecule has 0 atom stereocenters. The second kappa shape index (κ2) is 2.74. The molecule has 0 aliphatic heterocycles. The third-order valence-electron chi connectivity index (χ3n) is 1.54. The van der Waals surface area contributed by atoms with Gasteiger partial charge in [-0.1, -0.05) is 0 Å². The summed E-state index contributed by atoms with van der Waals surface area (Å²) in [6.07, 6.45) is 1.55. The van der Waals surface area contributed by atoms with E-state index >= 15 is 0 Å². The first-order chi connectivity index (χ1) is 6.31. The Labute approximate surface area is 72.0 Å². The number of nitroso groups, excluding NO2 is 1. The van der Waals surface area contributed by atoms with Crippen molar-refractivity contribution in [2.24, 2.45) is 5.18 Å². The Bertz CT molecular complexity index is 443. The molecule has 2 aromatic heterocycles. The molecule has 6 nitrogen and oxygen atoms in total. The molecule has 2 rings (SSSR count). The van der Waals surface area contributed by atoms with Crippen molar-refractivity contribution >= 4 is 17.1 Å². The Kier molecular flexibility index (Phi) is 1.59. The van der Waals surface area contributed by atoms with Crippen LogP contribution >= 0.6 is 0 Å². The third-order valence-corrected chi connectivity index (χ3v) is 1.54. The summed E-state index contributed by atoms with van der Waals surface area (Å²) in [5.74, 6) is -0.998. The minimum absolute atomic E-state index is 0.0799. The molecule has 64 valence electrons. The Morgan fingerprint density at radius 1 is 1.54 bits per heavy atom. The third kappa shape index (κ3) is 1.18. The standard InChI is InChI=1S/C7H4N4O2/c12-7(11-13)6-9-4-2-1-3-8-5(4)10-6/h1-3H,(H,8,9,10). The van der Waals surface area contributed by atoms with Crippen LogP contribution in [0.1, 0.15) is 10.6 Å². The van der Waals surface area contributed by atoms with Crippen molar-refractivity contribution in [2.45, 2.75) is 0 Å². The SMILES string of the molecule is O=NC(=O)c1nc2ncccc2[nH]1. The summed E-state index contributed by atoms with van der Waals surface area (Å²) in [5.41, 5.74) is 1.00. The van der Waals surface area contributed by atoms with Gasteiger partial charge in [-0.15, -0.1) is 4.91 Å². The van der Waals surface area contributed by atoms with Crippen LogP contribution in [-0.2, 0) is 0 Å². The molecule has 13 heavy (non-hydrogen) atoms. The van der Waals surface area contributed by atoms with Crippen LogP contribution in [0.3, 0.4) is 0 Å². The van der Waals surface area contributed by atoms with Gasteiger partial charge in [0.2, 0.25) is 5.82 Å². The Morgan fingerprint density at radius 3 is 3.08 bits per heavy atom. The first-order valence-corrected chi connectivity index (χ1v) is 3.49. The van der Waals surface area contributed by atoms with E-state index in [-0.39, 0.29) is 5.82 Å². The van der Waals surface area contributed by atoms with Gasteiger partial charge >= 0.3 is 5.91 Å². The van der Waals surface area contributed by atoms with E-state index in [0.717, 1.165) is 0 Å². The number of aromatic nitrogens is 3. The van der Waals surface area contributed by atoms with Gasteiger partial charge in [0.05, 0.1) is 5.52 Å². The lowest BCUT2D eigenvalue weighted by atomic mass is 10.4. The molecule has 0 aromatic carbocycles. The van der Waals surface area contributed by atoms with Gasteiger partial charge in [-0.3, -0.25) is 4.79 Å². The summed E-state index contributed by atoms with van der Waals surface area (Å²) in [6, 6.07) is 3.40. The molecule has 0 saturated carbocycles. The normalized spacial score (nSPS) is 10.2. The molecule has 1 amide bonds.